The lowest BCUT2D eigenvalue weighted by Crippen LogP contribution is -2.46. The summed E-state index contributed by atoms with van der Waals surface area (Å²) in [5.74, 6) is 0. The van der Waals surface area contributed by atoms with E-state index in [4.69, 9.17) is 0 Å². The van der Waals surface area contributed by atoms with Crippen LogP contribution in [0.3, 0.4) is 0 Å². The summed E-state index contributed by atoms with van der Waals surface area (Å²) in [6.07, 6.45) is 0. The van der Waals surface area contributed by atoms with Crippen LogP contribution in [-0.4, -0.2) is 38.9 Å². The zero-order chi connectivity index (χ0) is 14.7. The molecule has 2 aromatic carbocycles. The van der Waals surface area contributed by atoms with Crippen molar-refractivity contribution in [2.24, 2.45) is 0 Å². The highest BCUT2D eigenvalue weighted by Gasteiger charge is 2.25. The van der Waals surface area contributed by atoms with E-state index in [1.807, 2.05) is 36.4 Å². The standard InChI is InChI=1S/C16H17N2O2S/c19-21(20,18-12-10-17-11-13-18)16-8-6-15(7-9-16)14-4-2-1-3-5-14/h1-2,4-9,17H,10-13H2. The van der Waals surface area contributed by atoms with Crippen molar-refractivity contribution in [3.05, 3.63) is 54.6 Å². The molecule has 0 aromatic heterocycles. The van der Waals surface area contributed by atoms with Crippen LogP contribution in [0, 0.1) is 6.07 Å². The van der Waals surface area contributed by atoms with Crippen LogP contribution in [0.25, 0.3) is 11.1 Å². The Kier molecular flexibility index (Phi) is 4.05. The molecule has 1 aliphatic heterocycles. The van der Waals surface area contributed by atoms with Gasteiger partial charge in [-0.3, -0.25) is 0 Å². The third-order valence-corrected chi connectivity index (χ3v) is 5.52. The Morgan fingerprint density at radius 1 is 1.00 bits per heavy atom. The highest BCUT2D eigenvalue weighted by atomic mass is 32.2. The first-order chi connectivity index (χ1) is 10.2. The molecule has 1 fully saturated rings. The molecule has 1 radical (unpaired) electrons. The van der Waals surface area contributed by atoms with E-state index < -0.39 is 10.0 Å². The molecule has 0 aliphatic carbocycles. The normalized spacial score (nSPS) is 16.8. The van der Waals surface area contributed by atoms with Gasteiger partial charge >= 0.3 is 0 Å². The van der Waals surface area contributed by atoms with Gasteiger partial charge in [0.15, 0.2) is 0 Å². The minimum absolute atomic E-state index is 0.355. The Morgan fingerprint density at radius 2 is 1.71 bits per heavy atom. The average Bonchev–Trinajstić information content (AvgIpc) is 2.57. The molecule has 1 saturated heterocycles. The molecule has 1 heterocycles. The summed E-state index contributed by atoms with van der Waals surface area (Å²) >= 11 is 0. The van der Waals surface area contributed by atoms with Crippen LogP contribution in [0.1, 0.15) is 0 Å². The van der Waals surface area contributed by atoms with Gasteiger partial charge in [0.25, 0.3) is 0 Å². The molecule has 5 heteroatoms. The van der Waals surface area contributed by atoms with Gasteiger partial charge in [0, 0.05) is 26.2 Å². The predicted molar refractivity (Wildman–Crippen MR) is 82.3 cm³/mol. The molecule has 0 unspecified atom stereocenters. The summed E-state index contributed by atoms with van der Waals surface area (Å²) < 4.78 is 26.6. The molecule has 0 bridgehead atoms. The zero-order valence-electron chi connectivity index (χ0n) is 11.6. The molecule has 109 valence electrons. The van der Waals surface area contributed by atoms with Crippen molar-refractivity contribution >= 4 is 10.0 Å². The minimum Gasteiger partial charge on any atom is -0.314 e. The smallest absolute Gasteiger partial charge is 0.243 e. The van der Waals surface area contributed by atoms with Crippen molar-refractivity contribution < 1.29 is 8.42 Å². The Hall–Kier alpha value is -1.69. The highest BCUT2D eigenvalue weighted by Crippen LogP contribution is 2.22. The number of hydrogen-bond acceptors (Lipinski definition) is 3. The zero-order valence-corrected chi connectivity index (χ0v) is 12.4. The van der Waals surface area contributed by atoms with Gasteiger partial charge in [-0.15, -0.1) is 0 Å². The maximum absolute atomic E-state index is 12.5. The van der Waals surface area contributed by atoms with Crippen LogP contribution in [0.2, 0.25) is 0 Å². The van der Waals surface area contributed by atoms with Crippen molar-refractivity contribution in [2.45, 2.75) is 4.90 Å². The Bertz CT molecular complexity index is 691. The maximum atomic E-state index is 12.5. The van der Waals surface area contributed by atoms with Crippen LogP contribution < -0.4 is 5.32 Å². The maximum Gasteiger partial charge on any atom is 0.243 e. The number of rotatable bonds is 3. The first kappa shape index (κ1) is 14.3. The SMILES string of the molecule is O=S(=O)(c1ccc(-c2c[c]ccc2)cc1)N1CCNCC1. The third-order valence-electron chi connectivity index (χ3n) is 3.61. The van der Waals surface area contributed by atoms with Crippen molar-refractivity contribution in [3.63, 3.8) is 0 Å². The van der Waals surface area contributed by atoms with Gasteiger partial charge < -0.3 is 5.32 Å². The van der Waals surface area contributed by atoms with Gasteiger partial charge in [0.05, 0.1) is 4.90 Å². The van der Waals surface area contributed by atoms with Crippen LogP contribution in [0.5, 0.6) is 0 Å². The fourth-order valence-corrected chi connectivity index (χ4v) is 3.87. The first-order valence-electron chi connectivity index (χ1n) is 6.95. The lowest BCUT2D eigenvalue weighted by atomic mass is 10.1. The van der Waals surface area contributed by atoms with Crippen molar-refractivity contribution in [1.29, 1.82) is 0 Å². The molecule has 21 heavy (non-hydrogen) atoms. The first-order valence-corrected chi connectivity index (χ1v) is 8.39. The number of nitrogens with one attached hydrogen (secondary N) is 1. The Morgan fingerprint density at radius 3 is 2.33 bits per heavy atom. The summed E-state index contributed by atoms with van der Waals surface area (Å²) in [6, 6.07) is 17.7. The summed E-state index contributed by atoms with van der Waals surface area (Å²) in [4.78, 5) is 0.355. The third kappa shape index (κ3) is 3.00. The van der Waals surface area contributed by atoms with E-state index in [-0.39, 0.29) is 0 Å². The number of sulfonamides is 1. The van der Waals surface area contributed by atoms with E-state index in [0.29, 0.717) is 31.1 Å². The van der Waals surface area contributed by atoms with E-state index in [1.54, 1.807) is 12.1 Å². The lowest BCUT2D eigenvalue weighted by molar-refractivity contribution is 0.360. The molecule has 0 spiro atoms. The van der Waals surface area contributed by atoms with Crippen LogP contribution in [-0.2, 0) is 10.0 Å². The second-order valence-corrected chi connectivity index (χ2v) is 6.91. The second-order valence-electron chi connectivity index (χ2n) is 4.97. The van der Waals surface area contributed by atoms with E-state index >= 15 is 0 Å². The van der Waals surface area contributed by atoms with Gasteiger partial charge in [0.2, 0.25) is 10.0 Å². The molecule has 0 atom stereocenters. The fraction of sp³-hybridized carbons (Fsp3) is 0.250. The van der Waals surface area contributed by atoms with Crippen LogP contribution in [0.4, 0.5) is 0 Å². The summed E-state index contributed by atoms with van der Waals surface area (Å²) in [5.41, 5.74) is 2.02. The largest absolute Gasteiger partial charge is 0.314 e. The van der Waals surface area contributed by atoms with Gasteiger partial charge in [0.1, 0.15) is 0 Å². The predicted octanol–water partition coefficient (Wildman–Crippen LogP) is 1.75. The monoisotopic (exact) mass is 301 g/mol. The molecular weight excluding hydrogens is 284 g/mol. The highest BCUT2D eigenvalue weighted by molar-refractivity contribution is 7.89. The van der Waals surface area contributed by atoms with Gasteiger partial charge in [-0.25, -0.2) is 8.42 Å². The minimum atomic E-state index is -3.38. The molecule has 2 aromatic rings. The van der Waals surface area contributed by atoms with Crippen LogP contribution >= 0.6 is 0 Å². The molecule has 4 nitrogen and oxygen atoms in total. The van der Waals surface area contributed by atoms with E-state index in [1.165, 1.54) is 4.31 Å². The number of hydrogen-bond donors (Lipinski definition) is 1. The summed E-state index contributed by atoms with van der Waals surface area (Å²) in [5, 5.41) is 3.16. The topological polar surface area (TPSA) is 49.4 Å². The lowest BCUT2D eigenvalue weighted by Gasteiger charge is -2.26. The van der Waals surface area contributed by atoms with E-state index in [9.17, 15) is 8.42 Å². The molecule has 3 rings (SSSR count). The average molecular weight is 301 g/mol. The van der Waals surface area contributed by atoms with Gasteiger partial charge in [-0.05, 0) is 35.4 Å². The summed E-state index contributed by atoms with van der Waals surface area (Å²) in [6.45, 7) is 2.46. The molecule has 1 N–H and O–H groups in total. The molecular formula is C16H17N2O2S. The quantitative estimate of drug-likeness (QED) is 0.939. The fourth-order valence-electron chi connectivity index (χ4n) is 2.43. The van der Waals surface area contributed by atoms with E-state index in [2.05, 4.69) is 11.4 Å². The second kappa shape index (κ2) is 5.97. The van der Waals surface area contributed by atoms with Crippen molar-refractivity contribution in [1.82, 2.24) is 9.62 Å². The molecule has 1 aliphatic rings. The number of benzene rings is 2. The van der Waals surface area contributed by atoms with Gasteiger partial charge in [-0.2, -0.15) is 4.31 Å². The molecule has 0 amide bonds. The number of nitrogens with zero attached hydrogens (tertiary/aromatic N) is 1. The van der Waals surface area contributed by atoms with Crippen LogP contribution in [0.15, 0.2) is 53.4 Å². The van der Waals surface area contributed by atoms with E-state index in [0.717, 1.165) is 11.1 Å². The number of piperazine rings is 1. The summed E-state index contributed by atoms with van der Waals surface area (Å²) in [7, 11) is -3.38. The van der Waals surface area contributed by atoms with Gasteiger partial charge in [-0.1, -0.05) is 30.3 Å². The molecule has 0 saturated carbocycles. The Balaban J connectivity index is 1.87. The van der Waals surface area contributed by atoms with Crippen molar-refractivity contribution in [3.8, 4) is 11.1 Å². The Labute approximate surface area is 125 Å². The van der Waals surface area contributed by atoms with Crippen molar-refractivity contribution in [2.75, 3.05) is 26.2 Å².